The molecule has 1 aliphatic heterocycles. The first kappa shape index (κ1) is 12.2. The quantitative estimate of drug-likeness (QED) is 0.742. The summed E-state index contributed by atoms with van der Waals surface area (Å²) in [4.78, 5) is 3.12. The third-order valence-electron chi connectivity index (χ3n) is 3.29. The fourth-order valence-electron chi connectivity index (χ4n) is 2.25. The highest BCUT2D eigenvalue weighted by molar-refractivity contribution is 9.09. The first-order chi connectivity index (χ1) is 8.78. The lowest BCUT2D eigenvalue weighted by atomic mass is 10.1. The van der Waals surface area contributed by atoms with Crippen molar-refractivity contribution >= 4 is 27.3 Å². The lowest BCUT2D eigenvalue weighted by Gasteiger charge is -2.09. The first-order valence-corrected chi connectivity index (χ1v) is 7.99. The molecule has 0 bridgehead atoms. The molecule has 0 N–H and O–H groups in total. The molecule has 0 radical (unpaired) electrons. The Bertz CT molecular complexity index is 561. The third kappa shape index (κ3) is 2.21. The van der Waals surface area contributed by atoms with Crippen molar-refractivity contribution in [2.75, 3.05) is 6.61 Å². The number of hydrogen-bond acceptors (Lipinski definition) is 2. The van der Waals surface area contributed by atoms with Crippen LogP contribution in [0.15, 0.2) is 30.3 Å². The summed E-state index contributed by atoms with van der Waals surface area (Å²) in [5, 5.41) is 0. The number of benzene rings is 1. The van der Waals surface area contributed by atoms with Crippen molar-refractivity contribution in [1.82, 2.24) is 0 Å². The Morgan fingerprint density at radius 2 is 2.22 bits per heavy atom. The zero-order valence-corrected chi connectivity index (χ0v) is 12.7. The summed E-state index contributed by atoms with van der Waals surface area (Å²) in [6, 6.07) is 11.0. The average molecular weight is 323 g/mol. The average Bonchev–Trinajstić information content (AvgIpc) is 3.05. The van der Waals surface area contributed by atoms with Crippen LogP contribution in [0.4, 0.5) is 0 Å². The van der Waals surface area contributed by atoms with Gasteiger partial charge in [0.1, 0.15) is 5.75 Å². The van der Waals surface area contributed by atoms with Gasteiger partial charge in [0.2, 0.25) is 0 Å². The van der Waals surface area contributed by atoms with E-state index >= 15 is 0 Å². The number of ether oxygens (including phenoxy) is 1. The summed E-state index contributed by atoms with van der Waals surface area (Å²) in [7, 11) is 0. The van der Waals surface area contributed by atoms with E-state index in [9.17, 15) is 0 Å². The van der Waals surface area contributed by atoms with E-state index in [-0.39, 0.29) is 0 Å². The Morgan fingerprint density at radius 1 is 1.33 bits per heavy atom. The molecule has 94 valence electrons. The van der Waals surface area contributed by atoms with E-state index < -0.39 is 0 Å². The van der Waals surface area contributed by atoms with E-state index in [4.69, 9.17) is 4.74 Å². The highest BCUT2D eigenvalue weighted by atomic mass is 79.9. The Balaban J connectivity index is 1.89. The maximum absolute atomic E-state index is 5.55. The monoisotopic (exact) mass is 322 g/mol. The van der Waals surface area contributed by atoms with E-state index in [1.54, 1.807) is 0 Å². The minimum absolute atomic E-state index is 0.300. The van der Waals surface area contributed by atoms with Crippen LogP contribution in [0.3, 0.4) is 0 Å². The number of rotatable bonds is 3. The zero-order chi connectivity index (χ0) is 12.5. The van der Waals surface area contributed by atoms with Gasteiger partial charge in [0, 0.05) is 16.2 Å². The molecule has 0 saturated carbocycles. The number of fused-ring (bicyclic) bond motifs is 1. The predicted molar refractivity (Wildman–Crippen MR) is 80.1 cm³/mol. The van der Waals surface area contributed by atoms with E-state index in [1.165, 1.54) is 20.9 Å². The van der Waals surface area contributed by atoms with E-state index in [0.29, 0.717) is 4.83 Å². The second kappa shape index (κ2) is 5.06. The largest absolute Gasteiger partial charge is 0.493 e. The molecule has 1 aromatic carbocycles. The molecule has 3 rings (SSSR count). The summed E-state index contributed by atoms with van der Waals surface area (Å²) >= 11 is 5.71. The molecule has 1 unspecified atom stereocenters. The van der Waals surface area contributed by atoms with Gasteiger partial charge in [0.05, 0.1) is 11.4 Å². The van der Waals surface area contributed by atoms with Gasteiger partial charge in [-0.2, -0.15) is 0 Å². The van der Waals surface area contributed by atoms with Crippen molar-refractivity contribution in [3.05, 3.63) is 51.2 Å². The van der Waals surface area contributed by atoms with Crippen molar-refractivity contribution in [2.45, 2.75) is 24.6 Å². The molecule has 1 aliphatic rings. The smallest absolute Gasteiger partial charge is 0.122 e. The number of alkyl halides is 1. The van der Waals surface area contributed by atoms with Crippen molar-refractivity contribution in [3.8, 4) is 5.75 Å². The second-order valence-corrected chi connectivity index (χ2v) is 6.60. The molecule has 0 saturated heterocycles. The molecule has 2 aromatic rings. The van der Waals surface area contributed by atoms with E-state index in [2.05, 4.69) is 53.2 Å². The van der Waals surface area contributed by atoms with Gasteiger partial charge in [0.25, 0.3) is 0 Å². The maximum Gasteiger partial charge on any atom is 0.122 e. The minimum Gasteiger partial charge on any atom is -0.493 e. The van der Waals surface area contributed by atoms with Crippen molar-refractivity contribution in [1.29, 1.82) is 0 Å². The molecule has 0 amide bonds. The summed E-state index contributed by atoms with van der Waals surface area (Å²) in [6.07, 6.45) is 2.15. The van der Waals surface area contributed by atoms with Gasteiger partial charge in [-0.1, -0.05) is 35.0 Å². The zero-order valence-electron chi connectivity index (χ0n) is 10.3. The second-order valence-electron chi connectivity index (χ2n) is 4.49. The van der Waals surface area contributed by atoms with Crippen LogP contribution in [0, 0.1) is 0 Å². The lowest BCUT2D eigenvalue weighted by Crippen LogP contribution is -1.90. The fraction of sp³-hybridized carbons (Fsp3) is 0.333. The van der Waals surface area contributed by atoms with Crippen molar-refractivity contribution in [2.24, 2.45) is 0 Å². The molecular formula is C15H15BrOS. The Kier molecular flexibility index (Phi) is 3.44. The van der Waals surface area contributed by atoms with Gasteiger partial charge in [0.15, 0.2) is 0 Å². The number of thiophene rings is 1. The van der Waals surface area contributed by atoms with Gasteiger partial charge < -0.3 is 4.74 Å². The standard InChI is InChI=1S/C15H15BrOS/c1-2-12-4-6-14(18-12)15(16)11-3-5-13-10(9-11)7-8-17-13/h3-6,9,15H,2,7-8H2,1H3. The Morgan fingerprint density at radius 3 is 3.00 bits per heavy atom. The van der Waals surface area contributed by atoms with Gasteiger partial charge >= 0.3 is 0 Å². The molecule has 3 heteroatoms. The van der Waals surface area contributed by atoms with Gasteiger partial charge in [-0.15, -0.1) is 11.3 Å². The maximum atomic E-state index is 5.55. The van der Waals surface area contributed by atoms with Crippen LogP contribution in [-0.2, 0) is 12.8 Å². The molecule has 0 spiro atoms. The summed E-state index contributed by atoms with van der Waals surface area (Å²) in [6.45, 7) is 3.02. The topological polar surface area (TPSA) is 9.23 Å². The minimum atomic E-state index is 0.300. The third-order valence-corrected chi connectivity index (χ3v) is 5.91. The van der Waals surface area contributed by atoms with E-state index in [0.717, 1.165) is 25.2 Å². The highest BCUT2D eigenvalue weighted by Crippen LogP contribution is 2.38. The summed E-state index contributed by atoms with van der Waals surface area (Å²) < 4.78 is 5.55. The van der Waals surface area contributed by atoms with Crippen LogP contribution in [0.1, 0.15) is 32.6 Å². The van der Waals surface area contributed by atoms with Crippen LogP contribution in [-0.4, -0.2) is 6.61 Å². The highest BCUT2D eigenvalue weighted by Gasteiger charge is 2.17. The normalized spacial score (nSPS) is 15.2. The van der Waals surface area contributed by atoms with Gasteiger partial charge in [-0.25, -0.2) is 0 Å². The van der Waals surface area contributed by atoms with Gasteiger partial charge in [-0.3, -0.25) is 0 Å². The van der Waals surface area contributed by atoms with Crippen molar-refractivity contribution < 1.29 is 4.74 Å². The molecule has 0 fully saturated rings. The van der Waals surface area contributed by atoms with Crippen LogP contribution >= 0.6 is 27.3 Å². The molecule has 2 heterocycles. The SMILES string of the molecule is CCc1ccc(C(Br)c2ccc3c(c2)CCO3)s1. The Labute approximate surface area is 120 Å². The van der Waals surface area contributed by atoms with Crippen molar-refractivity contribution in [3.63, 3.8) is 0 Å². The van der Waals surface area contributed by atoms with Gasteiger partial charge in [-0.05, 0) is 35.7 Å². The number of aryl methyl sites for hydroxylation is 1. The number of hydrogen-bond donors (Lipinski definition) is 0. The first-order valence-electron chi connectivity index (χ1n) is 6.26. The molecule has 1 nitrogen and oxygen atoms in total. The predicted octanol–water partition coefficient (Wildman–Crippen LogP) is 4.73. The summed E-state index contributed by atoms with van der Waals surface area (Å²) in [5.74, 6) is 1.05. The number of halogens is 1. The Hall–Kier alpha value is -0.800. The van der Waals surface area contributed by atoms with Crippen LogP contribution < -0.4 is 4.74 Å². The van der Waals surface area contributed by atoms with Crippen LogP contribution in [0.25, 0.3) is 0 Å². The van der Waals surface area contributed by atoms with E-state index in [1.807, 2.05) is 11.3 Å². The molecule has 1 aromatic heterocycles. The summed E-state index contributed by atoms with van der Waals surface area (Å²) in [5.41, 5.74) is 2.66. The molecule has 1 atom stereocenters. The molecular weight excluding hydrogens is 308 g/mol. The fourth-order valence-corrected chi connectivity index (χ4v) is 3.93. The van der Waals surface area contributed by atoms with Crippen LogP contribution in [0.2, 0.25) is 0 Å². The molecule has 18 heavy (non-hydrogen) atoms. The lowest BCUT2D eigenvalue weighted by molar-refractivity contribution is 0.357. The molecule has 0 aliphatic carbocycles. The van der Waals surface area contributed by atoms with Crippen LogP contribution in [0.5, 0.6) is 5.75 Å².